The molecule has 1 rings (SSSR count). The van der Waals surface area contributed by atoms with Gasteiger partial charge in [-0.1, -0.05) is 5.10 Å². The molecule has 0 aliphatic heterocycles. The maximum Gasteiger partial charge on any atom is 0.292 e. The van der Waals surface area contributed by atoms with Crippen LogP contribution in [0.1, 0.15) is 0 Å². The van der Waals surface area contributed by atoms with Gasteiger partial charge in [0.25, 0.3) is 5.95 Å². The van der Waals surface area contributed by atoms with E-state index in [-0.39, 0.29) is 11.9 Å². The number of aromatic nitrogens is 4. The minimum absolute atomic E-state index is 0.0951. The molecule has 8 nitrogen and oxygen atoms in total. The lowest BCUT2D eigenvalue weighted by Crippen LogP contribution is -2.22. The maximum atomic E-state index is 5.26. The summed E-state index contributed by atoms with van der Waals surface area (Å²) in [6.45, 7) is 0.935. The minimum atomic E-state index is -0.0951. The van der Waals surface area contributed by atoms with Gasteiger partial charge in [0, 0.05) is 6.54 Å². The molecule has 0 atom stereocenters. The number of rotatable bonds is 3. The van der Waals surface area contributed by atoms with Crippen molar-refractivity contribution in [1.29, 1.82) is 0 Å². The molecule has 0 saturated carbocycles. The van der Waals surface area contributed by atoms with Crippen molar-refractivity contribution in [3.8, 4) is 0 Å². The molecule has 1 aromatic rings. The van der Waals surface area contributed by atoms with E-state index in [4.69, 9.17) is 17.2 Å². The molecule has 6 N–H and O–H groups in total. The molecule has 0 aliphatic carbocycles. The molecule has 0 aromatic carbocycles. The van der Waals surface area contributed by atoms with Gasteiger partial charge >= 0.3 is 0 Å². The van der Waals surface area contributed by atoms with Gasteiger partial charge in [-0.25, -0.2) is 0 Å². The summed E-state index contributed by atoms with van der Waals surface area (Å²) in [7, 11) is 0. The zero-order chi connectivity index (χ0) is 8.97. The highest BCUT2D eigenvalue weighted by molar-refractivity contribution is 5.77. The summed E-state index contributed by atoms with van der Waals surface area (Å²) in [6.07, 6.45) is 0. The van der Waals surface area contributed by atoms with Crippen molar-refractivity contribution < 1.29 is 0 Å². The largest absolute Gasteiger partial charge is 0.370 e. The zero-order valence-electron chi connectivity index (χ0n) is 6.38. The summed E-state index contributed by atoms with van der Waals surface area (Å²) in [5.41, 5.74) is 15.4. The molecule has 8 heteroatoms. The molecule has 66 valence electrons. The van der Waals surface area contributed by atoms with Crippen molar-refractivity contribution in [1.82, 2.24) is 20.2 Å². The highest BCUT2D eigenvalue weighted by atomic mass is 15.6. The average Bonchev–Trinajstić information content (AvgIpc) is 2.36. The second kappa shape index (κ2) is 3.62. The summed E-state index contributed by atoms with van der Waals surface area (Å²) in [4.78, 5) is 4.91. The molecule has 0 unspecified atom stereocenters. The Labute approximate surface area is 68.4 Å². The van der Waals surface area contributed by atoms with Crippen molar-refractivity contribution in [2.24, 2.45) is 22.2 Å². The highest BCUT2D eigenvalue weighted by Gasteiger charge is 1.98. The van der Waals surface area contributed by atoms with Crippen LogP contribution in [-0.2, 0) is 6.54 Å². The van der Waals surface area contributed by atoms with E-state index in [1.54, 1.807) is 0 Å². The minimum Gasteiger partial charge on any atom is -0.370 e. The van der Waals surface area contributed by atoms with Gasteiger partial charge in [-0.15, -0.1) is 5.10 Å². The third kappa shape index (κ3) is 2.16. The van der Waals surface area contributed by atoms with E-state index in [1.807, 2.05) is 0 Å². The lowest BCUT2D eigenvalue weighted by Gasteiger charge is -1.89. The van der Waals surface area contributed by atoms with Crippen molar-refractivity contribution in [3.05, 3.63) is 0 Å². The van der Waals surface area contributed by atoms with Crippen LogP contribution in [0.25, 0.3) is 0 Å². The Kier molecular flexibility index (Phi) is 2.53. The van der Waals surface area contributed by atoms with Gasteiger partial charge in [-0.2, -0.15) is 9.79 Å². The van der Waals surface area contributed by atoms with Gasteiger partial charge in [0.1, 0.15) is 0 Å². The highest BCUT2D eigenvalue weighted by Crippen LogP contribution is 1.96. The number of hydrogen-bond donors (Lipinski definition) is 3. The Hall–Kier alpha value is -1.70. The molecular weight excluding hydrogens is 160 g/mol. The smallest absolute Gasteiger partial charge is 0.292 e. The summed E-state index contributed by atoms with van der Waals surface area (Å²) >= 11 is 0. The van der Waals surface area contributed by atoms with E-state index in [0.29, 0.717) is 13.1 Å². The number of tetrazole rings is 1. The van der Waals surface area contributed by atoms with Gasteiger partial charge in [0.05, 0.1) is 6.54 Å². The Balaban J connectivity index is 2.71. The lowest BCUT2D eigenvalue weighted by molar-refractivity contribution is 0.531. The van der Waals surface area contributed by atoms with Crippen LogP contribution in [0, 0.1) is 0 Å². The first-order valence-corrected chi connectivity index (χ1v) is 3.30. The molecule has 1 aromatic heterocycles. The molecular formula is C4H10N8. The summed E-state index contributed by atoms with van der Waals surface area (Å²) in [6, 6.07) is 0. The Morgan fingerprint density at radius 3 is 2.83 bits per heavy atom. The van der Waals surface area contributed by atoms with Crippen LogP contribution < -0.4 is 17.2 Å². The fourth-order valence-electron chi connectivity index (χ4n) is 0.605. The predicted molar refractivity (Wildman–Crippen MR) is 42.3 cm³/mol. The molecule has 0 bridgehead atoms. The maximum absolute atomic E-state index is 5.26. The summed E-state index contributed by atoms with van der Waals surface area (Å²) < 4.78 is 0. The first-order chi connectivity index (χ1) is 5.72. The van der Waals surface area contributed by atoms with Crippen LogP contribution in [0.4, 0.5) is 5.95 Å². The first kappa shape index (κ1) is 8.40. The second-order valence-corrected chi connectivity index (χ2v) is 2.01. The Morgan fingerprint density at radius 2 is 2.25 bits per heavy atom. The number of nitrogens with two attached hydrogens (primary N) is 3. The van der Waals surface area contributed by atoms with Gasteiger partial charge in [0.2, 0.25) is 0 Å². The van der Waals surface area contributed by atoms with Crippen LogP contribution >= 0.6 is 0 Å². The van der Waals surface area contributed by atoms with Crippen molar-refractivity contribution in [2.45, 2.75) is 6.54 Å². The van der Waals surface area contributed by atoms with E-state index >= 15 is 0 Å². The number of aliphatic imine (C=N–C) groups is 1. The number of nitrogens with zero attached hydrogens (tertiary/aromatic N) is 5. The van der Waals surface area contributed by atoms with Gasteiger partial charge < -0.3 is 17.2 Å². The van der Waals surface area contributed by atoms with Crippen LogP contribution in [0.15, 0.2) is 4.99 Å². The van der Waals surface area contributed by atoms with Crippen LogP contribution in [0.3, 0.4) is 0 Å². The van der Waals surface area contributed by atoms with E-state index in [1.165, 1.54) is 4.80 Å². The first-order valence-electron chi connectivity index (χ1n) is 3.30. The lowest BCUT2D eigenvalue weighted by atomic mass is 10.7. The standard InChI is InChI=1S/C4H10N8/c5-1-2-12-10-4(9-11-12)8-3(6)7/h1-2,5H2,(H4,6,7,8,10). The molecule has 0 amide bonds. The van der Waals surface area contributed by atoms with Crippen LogP contribution in [0.5, 0.6) is 0 Å². The molecule has 0 saturated heterocycles. The van der Waals surface area contributed by atoms with E-state index < -0.39 is 0 Å². The van der Waals surface area contributed by atoms with Crippen LogP contribution in [0.2, 0.25) is 0 Å². The van der Waals surface area contributed by atoms with Crippen LogP contribution in [-0.4, -0.2) is 32.7 Å². The fraction of sp³-hybridized carbons (Fsp3) is 0.500. The summed E-state index contributed by atoms with van der Waals surface area (Å²) in [5.74, 6) is 0.0470. The van der Waals surface area contributed by atoms with Gasteiger partial charge in [-0.3, -0.25) is 0 Å². The fourth-order valence-corrected chi connectivity index (χ4v) is 0.605. The average molecular weight is 170 g/mol. The topological polar surface area (TPSA) is 134 Å². The van der Waals surface area contributed by atoms with Gasteiger partial charge in [-0.05, 0) is 5.21 Å². The molecule has 0 fully saturated rings. The Bertz CT molecular complexity index is 270. The van der Waals surface area contributed by atoms with E-state index in [2.05, 4.69) is 20.4 Å². The third-order valence-corrected chi connectivity index (χ3v) is 1.00. The Morgan fingerprint density at radius 1 is 1.50 bits per heavy atom. The molecule has 0 spiro atoms. The van der Waals surface area contributed by atoms with E-state index in [9.17, 15) is 0 Å². The monoisotopic (exact) mass is 170 g/mol. The van der Waals surface area contributed by atoms with Gasteiger partial charge in [0.15, 0.2) is 5.96 Å². The van der Waals surface area contributed by atoms with Crippen molar-refractivity contribution >= 4 is 11.9 Å². The normalized spacial score (nSPS) is 9.75. The predicted octanol–water partition coefficient (Wildman–Crippen LogP) is -2.46. The quantitative estimate of drug-likeness (QED) is 0.340. The third-order valence-electron chi connectivity index (χ3n) is 1.00. The number of guanidine groups is 1. The molecule has 0 radical (unpaired) electrons. The zero-order valence-corrected chi connectivity index (χ0v) is 6.38. The SMILES string of the molecule is NCCn1nnc(N=C(N)N)n1. The van der Waals surface area contributed by atoms with Crippen molar-refractivity contribution in [3.63, 3.8) is 0 Å². The second-order valence-electron chi connectivity index (χ2n) is 2.01. The molecule has 12 heavy (non-hydrogen) atoms. The van der Waals surface area contributed by atoms with E-state index in [0.717, 1.165) is 0 Å². The number of hydrogen-bond acceptors (Lipinski definition) is 5. The van der Waals surface area contributed by atoms with Crippen molar-refractivity contribution in [2.75, 3.05) is 6.54 Å². The molecule has 1 heterocycles. The summed E-state index contributed by atoms with van der Waals surface area (Å²) in [5, 5.41) is 11.0. The molecule has 0 aliphatic rings.